The lowest BCUT2D eigenvalue weighted by molar-refractivity contribution is 0.465. The summed E-state index contributed by atoms with van der Waals surface area (Å²) in [7, 11) is 1.99. The second-order valence-electron chi connectivity index (χ2n) is 5.51. The fourth-order valence-electron chi connectivity index (χ4n) is 2.64. The maximum Gasteiger partial charge on any atom is 0.153 e. The van der Waals surface area contributed by atoms with Crippen molar-refractivity contribution in [2.75, 3.05) is 0 Å². The van der Waals surface area contributed by atoms with Gasteiger partial charge in [-0.2, -0.15) is 5.10 Å². The Morgan fingerprint density at radius 2 is 1.94 bits per heavy atom. The molecule has 17 heavy (non-hydrogen) atoms. The molecule has 2 N–H and O–H groups in total. The molecular formula is C13H24N4. The lowest BCUT2D eigenvalue weighted by Crippen LogP contribution is -2.29. The predicted molar refractivity (Wildman–Crippen MR) is 68.9 cm³/mol. The maximum absolute atomic E-state index is 6.28. The van der Waals surface area contributed by atoms with Crippen LogP contribution in [0, 0.1) is 0 Å². The third-order valence-electron chi connectivity index (χ3n) is 3.73. The second kappa shape index (κ2) is 5.17. The fraction of sp³-hybridized carbons (Fsp3) is 0.846. The molecule has 1 heterocycles. The number of nitrogens with two attached hydrogens (primary N) is 1. The number of hydrogen-bond donors (Lipinski definition) is 1. The molecule has 4 heteroatoms. The van der Waals surface area contributed by atoms with Crippen molar-refractivity contribution in [3.05, 3.63) is 11.6 Å². The van der Waals surface area contributed by atoms with Gasteiger partial charge in [0.25, 0.3) is 0 Å². The van der Waals surface area contributed by atoms with E-state index in [1.165, 1.54) is 19.3 Å². The standard InChI is InChI=1S/C13H24N4/c1-9(2)12-15-13(17(3)16-12)10-7-5-4-6-8-11(10)14/h9-11H,4-8,14H2,1-3H3. The monoisotopic (exact) mass is 236 g/mol. The third kappa shape index (κ3) is 2.68. The van der Waals surface area contributed by atoms with E-state index < -0.39 is 0 Å². The molecule has 0 spiro atoms. The summed E-state index contributed by atoms with van der Waals surface area (Å²) in [6.45, 7) is 4.26. The molecule has 0 amide bonds. The van der Waals surface area contributed by atoms with Crippen LogP contribution in [0.4, 0.5) is 0 Å². The topological polar surface area (TPSA) is 56.7 Å². The van der Waals surface area contributed by atoms with Gasteiger partial charge in [0.2, 0.25) is 0 Å². The van der Waals surface area contributed by atoms with Gasteiger partial charge in [0, 0.05) is 24.9 Å². The first-order chi connectivity index (χ1) is 8.09. The van der Waals surface area contributed by atoms with Crippen molar-refractivity contribution in [2.24, 2.45) is 12.8 Å². The van der Waals surface area contributed by atoms with E-state index in [1.807, 2.05) is 11.7 Å². The summed E-state index contributed by atoms with van der Waals surface area (Å²) in [6.07, 6.45) is 6.10. The number of aryl methyl sites for hydroxylation is 1. The van der Waals surface area contributed by atoms with E-state index in [1.54, 1.807) is 0 Å². The predicted octanol–water partition coefficient (Wildman–Crippen LogP) is 2.31. The van der Waals surface area contributed by atoms with E-state index in [4.69, 9.17) is 10.7 Å². The van der Waals surface area contributed by atoms with E-state index in [-0.39, 0.29) is 6.04 Å². The van der Waals surface area contributed by atoms with E-state index in [9.17, 15) is 0 Å². The van der Waals surface area contributed by atoms with Crippen molar-refractivity contribution in [1.82, 2.24) is 14.8 Å². The highest BCUT2D eigenvalue weighted by molar-refractivity contribution is 5.06. The van der Waals surface area contributed by atoms with Crippen LogP contribution in [0.25, 0.3) is 0 Å². The van der Waals surface area contributed by atoms with Gasteiger partial charge in [-0.25, -0.2) is 4.98 Å². The van der Waals surface area contributed by atoms with Crippen LogP contribution in [0.3, 0.4) is 0 Å². The molecule has 1 saturated carbocycles. The lowest BCUT2D eigenvalue weighted by atomic mass is 9.94. The Labute approximate surface area is 104 Å². The van der Waals surface area contributed by atoms with Gasteiger partial charge >= 0.3 is 0 Å². The molecule has 1 aliphatic rings. The average molecular weight is 236 g/mol. The summed E-state index contributed by atoms with van der Waals surface area (Å²) < 4.78 is 1.94. The second-order valence-corrected chi connectivity index (χ2v) is 5.51. The molecular weight excluding hydrogens is 212 g/mol. The maximum atomic E-state index is 6.28. The van der Waals surface area contributed by atoms with E-state index >= 15 is 0 Å². The fourth-order valence-corrected chi connectivity index (χ4v) is 2.64. The van der Waals surface area contributed by atoms with Gasteiger partial charge in [-0.15, -0.1) is 0 Å². The first-order valence-corrected chi connectivity index (χ1v) is 6.76. The zero-order valence-corrected chi connectivity index (χ0v) is 11.2. The SMILES string of the molecule is CC(C)c1nc(C2CCCCCC2N)n(C)n1. The first-order valence-electron chi connectivity index (χ1n) is 6.76. The van der Waals surface area contributed by atoms with Crippen LogP contribution < -0.4 is 5.73 Å². The Bertz CT molecular complexity index is 369. The van der Waals surface area contributed by atoms with Crippen molar-refractivity contribution in [3.8, 4) is 0 Å². The molecule has 1 aromatic rings. The Hall–Kier alpha value is -0.900. The number of aromatic nitrogens is 3. The molecule has 4 nitrogen and oxygen atoms in total. The summed E-state index contributed by atoms with van der Waals surface area (Å²) in [5.74, 6) is 2.81. The van der Waals surface area contributed by atoms with Gasteiger partial charge in [-0.1, -0.05) is 33.1 Å². The summed E-state index contributed by atoms with van der Waals surface area (Å²) in [6, 6.07) is 0.250. The van der Waals surface area contributed by atoms with Gasteiger partial charge in [0.05, 0.1) is 0 Å². The van der Waals surface area contributed by atoms with Crippen LogP contribution in [0.15, 0.2) is 0 Å². The summed E-state index contributed by atoms with van der Waals surface area (Å²) in [5.41, 5.74) is 6.28. The molecule has 0 aromatic carbocycles. The van der Waals surface area contributed by atoms with Gasteiger partial charge < -0.3 is 5.73 Å². The van der Waals surface area contributed by atoms with Crippen LogP contribution in [-0.4, -0.2) is 20.8 Å². The summed E-state index contributed by atoms with van der Waals surface area (Å²) in [5, 5.41) is 4.50. The van der Waals surface area contributed by atoms with Crippen molar-refractivity contribution >= 4 is 0 Å². The van der Waals surface area contributed by atoms with Gasteiger partial charge in [-0.05, 0) is 12.8 Å². The van der Waals surface area contributed by atoms with Gasteiger partial charge in [-0.3, -0.25) is 4.68 Å². The van der Waals surface area contributed by atoms with Crippen LogP contribution >= 0.6 is 0 Å². The lowest BCUT2D eigenvalue weighted by Gasteiger charge is -2.19. The zero-order chi connectivity index (χ0) is 12.4. The quantitative estimate of drug-likeness (QED) is 0.802. The minimum Gasteiger partial charge on any atom is -0.327 e. The Morgan fingerprint density at radius 3 is 2.59 bits per heavy atom. The minimum atomic E-state index is 0.250. The smallest absolute Gasteiger partial charge is 0.153 e. The number of hydrogen-bond acceptors (Lipinski definition) is 3. The van der Waals surface area contributed by atoms with E-state index in [2.05, 4.69) is 18.9 Å². The molecule has 0 bridgehead atoms. The highest BCUT2D eigenvalue weighted by atomic mass is 15.3. The first kappa shape index (κ1) is 12.6. The normalized spacial score (nSPS) is 26.2. The highest BCUT2D eigenvalue weighted by Crippen LogP contribution is 2.30. The van der Waals surface area contributed by atoms with Gasteiger partial charge in [0.15, 0.2) is 5.82 Å². The van der Waals surface area contributed by atoms with Crippen LogP contribution in [-0.2, 0) is 7.05 Å². The number of nitrogens with zero attached hydrogens (tertiary/aromatic N) is 3. The molecule has 96 valence electrons. The molecule has 1 aromatic heterocycles. The van der Waals surface area contributed by atoms with E-state index in [0.29, 0.717) is 11.8 Å². The summed E-state index contributed by atoms with van der Waals surface area (Å²) in [4.78, 5) is 4.70. The molecule has 0 aliphatic heterocycles. The molecule has 1 aliphatic carbocycles. The van der Waals surface area contributed by atoms with Crippen molar-refractivity contribution in [3.63, 3.8) is 0 Å². The Morgan fingerprint density at radius 1 is 1.24 bits per heavy atom. The molecule has 0 radical (unpaired) electrons. The molecule has 2 atom stereocenters. The van der Waals surface area contributed by atoms with E-state index in [0.717, 1.165) is 24.5 Å². The average Bonchev–Trinajstić information content (AvgIpc) is 2.53. The van der Waals surface area contributed by atoms with Crippen molar-refractivity contribution in [2.45, 2.75) is 63.8 Å². The zero-order valence-electron chi connectivity index (χ0n) is 11.2. The molecule has 1 fully saturated rings. The molecule has 0 saturated heterocycles. The largest absolute Gasteiger partial charge is 0.327 e. The van der Waals surface area contributed by atoms with Crippen molar-refractivity contribution < 1.29 is 0 Å². The Balaban J connectivity index is 2.25. The van der Waals surface area contributed by atoms with Crippen LogP contribution in [0.5, 0.6) is 0 Å². The molecule has 2 rings (SSSR count). The Kier molecular flexibility index (Phi) is 3.82. The molecule has 2 unspecified atom stereocenters. The summed E-state index contributed by atoms with van der Waals surface area (Å²) >= 11 is 0. The third-order valence-corrected chi connectivity index (χ3v) is 3.73. The number of rotatable bonds is 2. The minimum absolute atomic E-state index is 0.250. The van der Waals surface area contributed by atoms with Crippen molar-refractivity contribution in [1.29, 1.82) is 0 Å². The van der Waals surface area contributed by atoms with Gasteiger partial charge in [0.1, 0.15) is 5.82 Å². The highest BCUT2D eigenvalue weighted by Gasteiger charge is 2.26. The van der Waals surface area contributed by atoms with Crippen LogP contribution in [0.1, 0.15) is 69.4 Å². The van der Waals surface area contributed by atoms with Crippen LogP contribution in [0.2, 0.25) is 0 Å².